The van der Waals surface area contributed by atoms with Gasteiger partial charge in [0.05, 0.1) is 17.8 Å². The van der Waals surface area contributed by atoms with Crippen molar-refractivity contribution in [2.45, 2.75) is 31.2 Å². The van der Waals surface area contributed by atoms with E-state index in [1.807, 2.05) is 0 Å². The maximum Gasteiger partial charge on any atom is 0.179 e. The van der Waals surface area contributed by atoms with Crippen LogP contribution in [0.25, 0.3) is 0 Å². The first kappa shape index (κ1) is 20.2. The second-order valence-electron chi connectivity index (χ2n) is 6.66. The molecule has 1 aromatic rings. The molecule has 1 fully saturated rings. The molecule has 2 N–H and O–H groups in total. The Kier molecular flexibility index (Phi) is 6.89. The number of benzene rings is 1. The fourth-order valence-corrected chi connectivity index (χ4v) is 4.15. The Balaban J connectivity index is 0.00000264. The second-order valence-corrected chi connectivity index (χ2v) is 8.77. The maximum absolute atomic E-state index is 12.5. The molecule has 0 aromatic heterocycles. The predicted octanol–water partition coefficient (Wildman–Crippen LogP) is 1.95. The van der Waals surface area contributed by atoms with Crippen molar-refractivity contribution in [1.82, 2.24) is 4.90 Å². The van der Waals surface area contributed by atoms with Gasteiger partial charge in [-0.1, -0.05) is 19.9 Å². The number of hydrogen-bond acceptors (Lipinski definition) is 5. The molecule has 2 rings (SSSR count). The summed E-state index contributed by atoms with van der Waals surface area (Å²) >= 11 is 0. The lowest BCUT2D eigenvalue weighted by Crippen LogP contribution is -2.53. The van der Waals surface area contributed by atoms with Gasteiger partial charge in [-0.25, -0.2) is 8.42 Å². The third kappa shape index (κ3) is 5.08. The Morgan fingerprint density at radius 1 is 1.39 bits per heavy atom. The fraction of sp³-hybridized carbons (Fsp3) is 0.625. The van der Waals surface area contributed by atoms with Crippen LogP contribution in [0.3, 0.4) is 0 Å². The Hall–Kier alpha value is -0.820. The molecule has 1 saturated heterocycles. The summed E-state index contributed by atoms with van der Waals surface area (Å²) in [5.41, 5.74) is 6.15. The zero-order chi connectivity index (χ0) is 16.4. The molecule has 7 heteroatoms. The van der Waals surface area contributed by atoms with Gasteiger partial charge in [-0.15, -0.1) is 12.4 Å². The third-order valence-electron chi connectivity index (χ3n) is 4.47. The first-order valence-corrected chi connectivity index (χ1v) is 9.24. The zero-order valence-corrected chi connectivity index (χ0v) is 15.6. The number of rotatable bonds is 5. The topological polar surface area (TPSA) is 72.6 Å². The lowest BCUT2D eigenvalue weighted by molar-refractivity contribution is 0.101. The van der Waals surface area contributed by atoms with E-state index < -0.39 is 9.84 Å². The molecule has 1 aromatic carbocycles. The van der Waals surface area contributed by atoms with Crippen LogP contribution in [0.15, 0.2) is 29.2 Å². The number of nitrogens with two attached hydrogens (primary N) is 1. The third-order valence-corrected chi connectivity index (χ3v) is 6.16. The van der Waals surface area contributed by atoms with E-state index in [1.165, 1.54) is 7.11 Å². The van der Waals surface area contributed by atoms with Crippen LogP contribution in [0.5, 0.6) is 5.75 Å². The quantitative estimate of drug-likeness (QED) is 0.866. The molecular weight excluding hydrogens is 336 g/mol. The summed E-state index contributed by atoms with van der Waals surface area (Å²) in [5, 5.41) is 0. The van der Waals surface area contributed by atoms with Crippen molar-refractivity contribution in [2.75, 3.05) is 32.5 Å². The van der Waals surface area contributed by atoms with E-state index in [1.54, 1.807) is 24.3 Å². The Morgan fingerprint density at radius 3 is 2.70 bits per heavy atom. The SMILES string of the molecule is COc1cccc(S(=O)(=O)CCN2CCC(N)C(C)(C)C2)c1.Cl. The highest BCUT2D eigenvalue weighted by Crippen LogP contribution is 2.27. The summed E-state index contributed by atoms with van der Waals surface area (Å²) in [4.78, 5) is 2.51. The summed E-state index contributed by atoms with van der Waals surface area (Å²) < 4.78 is 30.0. The van der Waals surface area contributed by atoms with Crippen LogP contribution in [0.1, 0.15) is 20.3 Å². The number of sulfone groups is 1. The molecule has 0 amide bonds. The molecule has 1 atom stereocenters. The molecule has 0 bridgehead atoms. The molecule has 0 radical (unpaired) electrons. The van der Waals surface area contributed by atoms with Gasteiger partial charge in [-0.3, -0.25) is 0 Å². The number of piperidine rings is 1. The minimum absolute atomic E-state index is 0. The van der Waals surface area contributed by atoms with Gasteiger partial charge < -0.3 is 15.4 Å². The average molecular weight is 363 g/mol. The summed E-state index contributed by atoms with van der Waals surface area (Å²) in [6.45, 7) is 6.51. The van der Waals surface area contributed by atoms with Gasteiger partial charge in [0.15, 0.2) is 9.84 Å². The van der Waals surface area contributed by atoms with Crippen LogP contribution in [0.2, 0.25) is 0 Å². The maximum atomic E-state index is 12.5. The van der Waals surface area contributed by atoms with E-state index in [0.29, 0.717) is 17.2 Å². The van der Waals surface area contributed by atoms with E-state index >= 15 is 0 Å². The lowest BCUT2D eigenvalue weighted by atomic mass is 9.80. The van der Waals surface area contributed by atoms with E-state index in [0.717, 1.165) is 19.5 Å². The summed E-state index contributed by atoms with van der Waals surface area (Å²) in [7, 11) is -1.76. The molecular formula is C16H27ClN2O3S. The standard InChI is InChI=1S/C16H26N2O3S.ClH/c1-16(2)12-18(8-7-15(16)17)9-10-22(19,20)14-6-4-5-13(11-14)21-3;/h4-6,11,15H,7-10,12,17H2,1-3H3;1H. The molecule has 1 unspecified atom stereocenters. The molecule has 0 saturated carbocycles. The molecule has 5 nitrogen and oxygen atoms in total. The van der Waals surface area contributed by atoms with Crippen molar-refractivity contribution in [3.05, 3.63) is 24.3 Å². The van der Waals surface area contributed by atoms with Crippen LogP contribution in [-0.4, -0.2) is 51.9 Å². The van der Waals surface area contributed by atoms with Gasteiger partial charge in [0.25, 0.3) is 0 Å². The summed E-state index contributed by atoms with van der Waals surface area (Å²) in [6.07, 6.45) is 0.909. The van der Waals surface area contributed by atoms with Gasteiger partial charge in [-0.2, -0.15) is 0 Å². The Bertz CT molecular complexity index is 620. The predicted molar refractivity (Wildman–Crippen MR) is 95.1 cm³/mol. The second kappa shape index (κ2) is 7.83. The zero-order valence-electron chi connectivity index (χ0n) is 14.0. The average Bonchev–Trinajstić information content (AvgIpc) is 2.48. The molecule has 0 spiro atoms. The minimum Gasteiger partial charge on any atom is -0.497 e. The number of methoxy groups -OCH3 is 1. The normalized spacial score (nSPS) is 21.5. The highest BCUT2D eigenvalue weighted by Gasteiger charge is 2.33. The molecule has 0 aliphatic carbocycles. The molecule has 1 aliphatic heterocycles. The summed E-state index contributed by atoms with van der Waals surface area (Å²) in [5.74, 6) is 0.678. The minimum atomic E-state index is -3.30. The van der Waals surface area contributed by atoms with Crippen molar-refractivity contribution in [3.63, 3.8) is 0 Å². The smallest absolute Gasteiger partial charge is 0.179 e. The van der Waals surface area contributed by atoms with Crippen molar-refractivity contribution in [2.24, 2.45) is 11.1 Å². The number of ether oxygens (including phenoxy) is 1. The van der Waals surface area contributed by atoms with Crippen LogP contribution in [-0.2, 0) is 9.84 Å². The highest BCUT2D eigenvalue weighted by atomic mass is 35.5. The van der Waals surface area contributed by atoms with Crippen LogP contribution in [0.4, 0.5) is 0 Å². The molecule has 1 aliphatic rings. The van der Waals surface area contributed by atoms with Crippen LogP contribution < -0.4 is 10.5 Å². The number of halogens is 1. The lowest BCUT2D eigenvalue weighted by Gasteiger charge is -2.42. The number of likely N-dealkylation sites (tertiary alicyclic amines) is 1. The van der Waals surface area contributed by atoms with Crippen LogP contribution >= 0.6 is 12.4 Å². The fourth-order valence-electron chi connectivity index (χ4n) is 2.84. The van der Waals surface area contributed by atoms with E-state index in [4.69, 9.17) is 10.5 Å². The molecule has 23 heavy (non-hydrogen) atoms. The molecule has 132 valence electrons. The van der Waals surface area contributed by atoms with Gasteiger partial charge in [0, 0.05) is 19.1 Å². The van der Waals surface area contributed by atoms with Gasteiger partial charge in [-0.05, 0) is 36.6 Å². The van der Waals surface area contributed by atoms with E-state index in [9.17, 15) is 8.42 Å². The van der Waals surface area contributed by atoms with Gasteiger partial charge in [0.2, 0.25) is 0 Å². The van der Waals surface area contributed by atoms with Crippen molar-refractivity contribution < 1.29 is 13.2 Å². The van der Waals surface area contributed by atoms with Crippen molar-refractivity contribution in [3.8, 4) is 5.75 Å². The summed E-state index contributed by atoms with van der Waals surface area (Å²) in [6, 6.07) is 6.82. The van der Waals surface area contributed by atoms with E-state index in [2.05, 4.69) is 18.7 Å². The number of hydrogen-bond donors (Lipinski definition) is 1. The van der Waals surface area contributed by atoms with Crippen molar-refractivity contribution >= 4 is 22.2 Å². The van der Waals surface area contributed by atoms with E-state index in [-0.39, 0.29) is 29.6 Å². The monoisotopic (exact) mass is 362 g/mol. The highest BCUT2D eigenvalue weighted by molar-refractivity contribution is 7.91. The largest absolute Gasteiger partial charge is 0.497 e. The number of nitrogens with zero attached hydrogens (tertiary/aromatic N) is 1. The Morgan fingerprint density at radius 2 is 2.09 bits per heavy atom. The first-order valence-electron chi connectivity index (χ1n) is 7.59. The van der Waals surface area contributed by atoms with Crippen molar-refractivity contribution in [1.29, 1.82) is 0 Å². The van der Waals surface area contributed by atoms with Crippen LogP contribution in [0, 0.1) is 5.41 Å². The Labute approximate surface area is 145 Å². The van der Waals surface area contributed by atoms with Gasteiger partial charge >= 0.3 is 0 Å². The first-order chi connectivity index (χ1) is 10.2. The van der Waals surface area contributed by atoms with Gasteiger partial charge in [0.1, 0.15) is 5.75 Å². The molecule has 1 heterocycles.